The molecule has 0 aromatic heterocycles. The monoisotopic (exact) mass is 258 g/mol. The molecule has 0 radical (unpaired) electrons. The van der Waals surface area contributed by atoms with E-state index < -0.39 is 0 Å². The van der Waals surface area contributed by atoms with E-state index in [1.165, 1.54) is 11.1 Å². The maximum atomic E-state index is 5.58. The smallest absolute Gasteiger partial charge is 0.0407 e. The summed E-state index contributed by atoms with van der Waals surface area (Å²) < 4.78 is 1.13. The second-order valence-electron chi connectivity index (χ2n) is 2.75. The fraction of sp³-hybridized carbons (Fsp3) is 0.273. The third-order valence-corrected chi connectivity index (χ3v) is 2.54. The van der Waals surface area contributed by atoms with E-state index in [1.54, 1.807) is 0 Å². The van der Waals surface area contributed by atoms with Gasteiger partial charge in [-0.3, -0.25) is 0 Å². The number of allylic oxidation sites excluding steroid dienone is 1. The Morgan fingerprint density at radius 2 is 2.23 bits per heavy atom. The van der Waals surface area contributed by atoms with E-state index in [1.807, 2.05) is 12.1 Å². The molecule has 1 rings (SSSR count). The van der Waals surface area contributed by atoms with E-state index in [-0.39, 0.29) is 0 Å². The number of rotatable bonds is 3. The summed E-state index contributed by atoms with van der Waals surface area (Å²) in [6, 6.07) is 6.30. The molecular formula is C11H12BrCl. The SMILES string of the molecule is CCc1cc(Br)ccc1C=CCCl. The van der Waals surface area contributed by atoms with Crippen LogP contribution >= 0.6 is 27.5 Å². The van der Waals surface area contributed by atoms with Gasteiger partial charge in [0.2, 0.25) is 0 Å². The number of hydrogen-bond acceptors (Lipinski definition) is 0. The van der Waals surface area contributed by atoms with Crippen molar-refractivity contribution in [2.45, 2.75) is 13.3 Å². The van der Waals surface area contributed by atoms with Crippen LogP contribution in [-0.2, 0) is 6.42 Å². The molecule has 1 aromatic carbocycles. The van der Waals surface area contributed by atoms with Gasteiger partial charge < -0.3 is 0 Å². The summed E-state index contributed by atoms with van der Waals surface area (Å²) >= 11 is 9.04. The van der Waals surface area contributed by atoms with E-state index in [9.17, 15) is 0 Å². The van der Waals surface area contributed by atoms with E-state index >= 15 is 0 Å². The van der Waals surface area contributed by atoms with E-state index in [0.717, 1.165) is 10.9 Å². The normalized spacial score (nSPS) is 11.0. The first-order valence-electron chi connectivity index (χ1n) is 4.29. The first kappa shape index (κ1) is 10.8. The predicted molar refractivity (Wildman–Crippen MR) is 63.3 cm³/mol. The van der Waals surface area contributed by atoms with Gasteiger partial charge in [-0.25, -0.2) is 0 Å². The summed E-state index contributed by atoms with van der Waals surface area (Å²) in [5, 5.41) is 0. The van der Waals surface area contributed by atoms with Crippen LogP contribution < -0.4 is 0 Å². The molecule has 0 unspecified atom stereocenters. The van der Waals surface area contributed by atoms with Crippen molar-refractivity contribution in [3.05, 3.63) is 39.9 Å². The Labute approximate surface area is 92.7 Å². The quantitative estimate of drug-likeness (QED) is 0.712. The van der Waals surface area contributed by atoms with Crippen molar-refractivity contribution in [2.75, 3.05) is 5.88 Å². The first-order valence-corrected chi connectivity index (χ1v) is 5.61. The molecule has 0 atom stereocenters. The molecule has 0 aliphatic rings. The van der Waals surface area contributed by atoms with Crippen LogP contribution in [0.5, 0.6) is 0 Å². The minimum absolute atomic E-state index is 0.569. The Balaban J connectivity index is 2.99. The van der Waals surface area contributed by atoms with Gasteiger partial charge in [-0.1, -0.05) is 41.1 Å². The molecule has 0 N–H and O–H groups in total. The van der Waals surface area contributed by atoms with Crippen molar-refractivity contribution in [2.24, 2.45) is 0 Å². The molecule has 0 aliphatic carbocycles. The van der Waals surface area contributed by atoms with Gasteiger partial charge >= 0.3 is 0 Å². The Bertz CT molecular complexity index is 305. The summed E-state index contributed by atoms with van der Waals surface area (Å²) in [7, 11) is 0. The minimum atomic E-state index is 0.569. The number of benzene rings is 1. The third-order valence-electron chi connectivity index (χ3n) is 1.87. The lowest BCUT2D eigenvalue weighted by Gasteiger charge is -2.03. The van der Waals surface area contributed by atoms with E-state index in [4.69, 9.17) is 11.6 Å². The molecule has 0 fully saturated rings. The van der Waals surface area contributed by atoms with Crippen molar-refractivity contribution in [3.8, 4) is 0 Å². The lowest BCUT2D eigenvalue weighted by Crippen LogP contribution is -1.85. The minimum Gasteiger partial charge on any atom is -0.122 e. The first-order chi connectivity index (χ1) is 6.27. The maximum Gasteiger partial charge on any atom is 0.0407 e. The predicted octanol–water partition coefficient (Wildman–Crippen LogP) is 4.26. The van der Waals surface area contributed by atoms with Crippen molar-refractivity contribution < 1.29 is 0 Å². The Kier molecular flexibility index (Phi) is 4.54. The van der Waals surface area contributed by atoms with Gasteiger partial charge in [0.25, 0.3) is 0 Å². The highest BCUT2D eigenvalue weighted by atomic mass is 79.9. The zero-order valence-electron chi connectivity index (χ0n) is 7.56. The van der Waals surface area contributed by atoms with Crippen LogP contribution in [0.4, 0.5) is 0 Å². The number of aryl methyl sites for hydroxylation is 1. The fourth-order valence-corrected chi connectivity index (χ4v) is 1.71. The van der Waals surface area contributed by atoms with Crippen LogP contribution in [0.2, 0.25) is 0 Å². The summed E-state index contributed by atoms with van der Waals surface area (Å²) in [6.45, 7) is 2.15. The molecule has 0 saturated carbocycles. The second kappa shape index (κ2) is 5.46. The molecule has 2 heteroatoms. The summed E-state index contributed by atoms with van der Waals surface area (Å²) in [5.41, 5.74) is 2.60. The fourth-order valence-electron chi connectivity index (χ4n) is 1.21. The molecule has 0 spiro atoms. The molecule has 0 aliphatic heterocycles. The van der Waals surface area contributed by atoms with Gasteiger partial charge in [-0.2, -0.15) is 0 Å². The lowest BCUT2D eigenvalue weighted by atomic mass is 10.1. The van der Waals surface area contributed by atoms with Gasteiger partial charge in [0.05, 0.1) is 0 Å². The standard InChI is InChI=1S/C11H12BrCl/c1-2-9-8-11(12)6-5-10(9)4-3-7-13/h3-6,8H,2,7H2,1H3. The van der Waals surface area contributed by atoms with Crippen molar-refractivity contribution in [1.29, 1.82) is 0 Å². The number of alkyl halides is 1. The van der Waals surface area contributed by atoms with Gasteiger partial charge in [0, 0.05) is 10.4 Å². The van der Waals surface area contributed by atoms with Gasteiger partial charge in [-0.15, -0.1) is 11.6 Å². The van der Waals surface area contributed by atoms with Crippen molar-refractivity contribution in [3.63, 3.8) is 0 Å². The summed E-state index contributed by atoms with van der Waals surface area (Å²) in [5.74, 6) is 0.569. The highest BCUT2D eigenvalue weighted by Gasteiger charge is 1.97. The molecule has 0 saturated heterocycles. The van der Waals surface area contributed by atoms with Crippen LogP contribution in [0, 0.1) is 0 Å². The molecule has 70 valence electrons. The van der Waals surface area contributed by atoms with E-state index in [2.05, 4.69) is 41.1 Å². The average molecular weight is 260 g/mol. The zero-order chi connectivity index (χ0) is 9.68. The highest BCUT2D eigenvalue weighted by Crippen LogP contribution is 2.18. The van der Waals surface area contributed by atoms with Crippen LogP contribution in [0.15, 0.2) is 28.7 Å². The van der Waals surface area contributed by atoms with Gasteiger partial charge in [0.15, 0.2) is 0 Å². The largest absolute Gasteiger partial charge is 0.122 e. The van der Waals surface area contributed by atoms with Crippen molar-refractivity contribution >= 4 is 33.6 Å². The second-order valence-corrected chi connectivity index (χ2v) is 3.98. The number of halogens is 2. The number of hydrogen-bond donors (Lipinski definition) is 0. The topological polar surface area (TPSA) is 0 Å². The molecular weight excluding hydrogens is 247 g/mol. The molecule has 0 amide bonds. The summed E-state index contributed by atoms with van der Waals surface area (Å²) in [4.78, 5) is 0. The molecule has 0 bridgehead atoms. The molecule has 0 nitrogen and oxygen atoms in total. The maximum absolute atomic E-state index is 5.58. The Hall–Kier alpha value is -0.270. The Morgan fingerprint density at radius 3 is 2.85 bits per heavy atom. The van der Waals surface area contributed by atoms with Crippen molar-refractivity contribution in [1.82, 2.24) is 0 Å². The highest BCUT2D eigenvalue weighted by molar-refractivity contribution is 9.10. The van der Waals surface area contributed by atoms with Gasteiger partial charge in [-0.05, 0) is 29.7 Å². The molecule has 13 heavy (non-hydrogen) atoms. The zero-order valence-corrected chi connectivity index (χ0v) is 9.90. The summed E-state index contributed by atoms with van der Waals surface area (Å²) in [6.07, 6.45) is 5.07. The molecule has 1 aromatic rings. The third kappa shape index (κ3) is 3.17. The Morgan fingerprint density at radius 1 is 1.46 bits per heavy atom. The van der Waals surface area contributed by atoms with Crippen LogP contribution in [0.25, 0.3) is 6.08 Å². The van der Waals surface area contributed by atoms with Crippen LogP contribution in [0.3, 0.4) is 0 Å². The van der Waals surface area contributed by atoms with Crippen LogP contribution in [-0.4, -0.2) is 5.88 Å². The average Bonchev–Trinajstić information content (AvgIpc) is 2.16. The van der Waals surface area contributed by atoms with Gasteiger partial charge in [0.1, 0.15) is 0 Å². The van der Waals surface area contributed by atoms with Crippen LogP contribution in [0.1, 0.15) is 18.1 Å². The lowest BCUT2D eigenvalue weighted by molar-refractivity contribution is 1.13. The molecule has 0 heterocycles. The van der Waals surface area contributed by atoms with E-state index in [0.29, 0.717) is 5.88 Å².